The van der Waals surface area contributed by atoms with E-state index in [1.54, 1.807) is 6.92 Å². The van der Waals surface area contributed by atoms with Gasteiger partial charge in [-0.05, 0) is 0 Å². The molecule has 1 amide bonds. The van der Waals surface area contributed by atoms with Gasteiger partial charge in [-0.15, -0.1) is 0 Å². The molecule has 0 heterocycles. The van der Waals surface area contributed by atoms with Crippen LogP contribution in [0.4, 0.5) is 0 Å². The van der Waals surface area contributed by atoms with Crippen LogP contribution in [0.1, 0.15) is 27.2 Å². The molecule has 2 N–H and O–H groups in total. The summed E-state index contributed by atoms with van der Waals surface area (Å²) >= 11 is 0.961. The first-order valence-corrected chi connectivity index (χ1v) is 7.43. The molecule has 0 radical (unpaired) electrons. The number of aliphatic carboxylic acids is 1. The van der Waals surface area contributed by atoms with Gasteiger partial charge in [-0.25, -0.2) is 0 Å². The average molecular weight is 333 g/mol. The van der Waals surface area contributed by atoms with Gasteiger partial charge in [-0.3, -0.25) is 24.0 Å². The Hall–Kier alpha value is -1.90. The molecular weight excluding hydrogens is 314 g/mol. The van der Waals surface area contributed by atoms with Gasteiger partial charge in [0.2, 0.25) is 5.91 Å². The summed E-state index contributed by atoms with van der Waals surface area (Å²) in [6.45, 7) is 3.42. The van der Waals surface area contributed by atoms with Crippen molar-refractivity contribution in [1.29, 1.82) is 0 Å². The third-order valence-corrected chi connectivity index (χ3v) is 3.56. The van der Waals surface area contributed by atoms with Crippen LogP contribution in [-0.4, -0.2) is 52.3 Å². The highest BCUT2D eigenvalue weighted by atomic mass is 32.2. The Balaban J connectivity index is 4.65. The summed E-state index contributed by atoms with van der Waals surface area (Å²) in [5.74, 6) is -3.56. The fourth-order valence-electron chi connectivity index (χ4n) is 1.33. The molecule has 0 aromatic carbocycles. The zero-order chi connectivity index (χ0) is 17.3. The number of esters is 1. The summed E-state index contributed by atoms with van der Waals surface area (Å²) in [5, 5.41) is 10.9. The molecular formula is C13H19NO7S. The third-order valence-electron chi connectivity index (χ3n) is 2.49. The second-order valence-electron chi connectivity index (χ2n) is 4.61. The van der Waals surface area contributed by atoms with E-state index < -0.39 is 48.6 Å². The molecule has 0 aliphatic heterocycles. The van der Waals surface area contributed by atoms with Crippen LogP contribution in [0.15, 0.2) is 0 Å². The quantitative estimate of drug-likeness (QED) is 0.564. The highest BCUT2D eigenvalue weighted by molar-refractivity contribution is 8.13. The number of carboxylic acid groups (broad SMARTS) is 1. The van der Waals surface area contributed by atoms with E-state index in [4.69, 9.17) is 5.11 Å². The lowest BCUT2D eigenvalue weighted by molar-refractivity contribution is -0.147. The number of thioether (sulfide) groups is 1. The maximum absolute atomic E-state index is 11.9. The Morgan fingerprint density at radius 2 is 1.77 bits per heavy atom. The molecule has 0 rings (SSSR count). The minimum atomic E-state index is -1.28. The number of hydrogen-bond donors (Lipinski definition) is 2. The highest BCUT2D eigenvalue weighted by Crippen LogP contribution is 2.10. The van der Waals surface area contributed by atoms with E-state index in [1.807, 2.05) is 0 Å². The smallest absolute Gasteiger partial charge is 0.305 e. The Morgan fingerprint density at radius 1 is 1.18 bits per heavy atom. The molecule has 0 aromatic rings. The Morgan fingerprint density at radius 3 is 2.23 bits per heavy atom. The standard InChI is InChI=1S/C13H19NO7S/c1-7(6-22-9(3)16)13(20)14-10(4-12(18)19)11(17)5-21-8(2)15/h7,10H,4-6H2,1-3H3,(H,14,20)(H,18,19). The molecule has 2 unspecified atom stereocenters. The van der Waals surface area contributed by atoms with Gasteiger partial charge in [0.25, 0.3) is 0 Å². The number of ketones is 1. The van der Waals surface area contributed by atoms with Crippen molar-refractivity contribution >= 4 is 40.5 Å². The third kappa shape index (κ3) is 9.11. The van der Waals surface area contributed by atoms with Crippen molar-refractivity contribution in [3.05, 3.63) is 0 Å². The highest BCUT2D eigenvalue weighted by Gasteiger charge is 2.26. The Kier molecular flexibility index (Phi) is 9.07. The van der Waals surface area contributed by atoms with Crippen LogP contribution in [0.25, 0.3) is 0 Å². The molecule has 124 valence electrons. The van der Waals surface area contributed by atoms with Gasteiger partial charge in [0.1, 0.15) is 6.04 Å². The summed E-state index contributed by atoms with van der Waals surface area (Å²) in [7, 11) is 0. The van der Waals surface area contributed by atoms with Gasteiger partial charge >= 0.3 is 11.9 Å². The maximum Gasteiger partial charge on any atom is 0.305 e. The number of nitrogens with one attached hydrogen (secondary N) is 1. The van der Waals surface area contributed by atoms with Crippen LogP contribution in [0.3, 0.4) is 0 Å². The maximum atomic E-state index is 11.9. The van der Waals surface area contributed by atoms with Crippen molar-refractivity contribution in [3.63, 3.8) is 0 Å². The van der Waals surface area contributed by atoms with Crippen LogP contribution in [0, 0.1) is 5.92 Å². The van der Waals surface area contributed by atoms with Crippen molar-refractivity contribution in [2.75, 3.05) is 12.4 Å². The van der Waals surface area contributed by atoms with E-state index in [-0.39, 0.29) is 10.9 Å². The van der Waals surface area contributed by atoms with Crippen molar-refractivity contribution in [3.8, 4) is 0 Å². The lowest BCUT2D eigenvalue weighted by Gasteiger charge is -2.18. The zero-order valence-corrected chi connectivity index (χ0v) is 13.4. The van der Waals surface area contributed by atoms with E-state index in [9.17, 15) is 24.0 Å². The first kappa shape index (κ1) is 20.1. The molecule has 0 aliphatic rings. The van der Waals surface area contributed by atoms with Crippen LogP contribution >= 0.6 is 11.8 Å². The van der Waals surface area contributed by atoms with E-state index in [0.29, 0.717) is 0 Å². The Bertz CT molecular complexity index is 463. The number of carboxylic acids is 1. The molecule has 0 fully saturated rings. The fourth-order valence-corrected chi connectivity index (χ4v) is 1.96. The van der Waals surface area contributed by atoms with Crippen molar-refractivity contribution in [2.24, 2.45) is 5.92 Å². The number of carbonyl (C=O) groups is 5. The van der Waals surface area contributed by atoms with Gasteiger partial charge in [0.05, 0.1) is 6.42 Å². The first-order chi connectivity index (χ1) is 10.1. The summed E-state index contributed by atoms with van der Waals surface area (Å²) in [5.41, 5.74) is 0. The van der Waals surface area contributed by atoms with Crippen LogP contribution in [-0.2, 0) is 28.7 Å². The lowest BCUT2D eigenvalue weighted by atomic mass is 10.1. The number of hydrogen-bond acceptors (Lipinski definition) is 7. The van der Waals surface area contributed by atoms with E-state index >= 15 is 0 Å². The topological polar surface area (TPSA) is 127 Å². The predicted molar refractivity (Wildman–Crippen MR) is 78.1 cm³/mol. The van der Waals surface area contributed by atoms with Gasteiger partial charge in [-0.2, -0.15) is 0 Å². The van der Waals surface area contributed by atoms with Gasteiger partial charge in [-0.1, -0.05) is 18.7 Å². The number of Topliss-reactive ketones (excluding diaryl/α,β-unsaturated/α-hetero) is 1. The summed E-state index contributed by atoms with van der Waals surface area (Å²) < 4.78 is 4.51. The van der Waals surface area contributed by atoms with Crippen LogP contribution in [0.2, 0.25) is 0 Å². The number of carbonyl (C=O) groups excluding carboxylic acids is 4. The first-order valence-electron chi connectivity index (χ1n) is 6.45. The van der Waals surface area contributed by atoms with Crippen molar-refractivity contribution < 1.29 is 33.8 Å². The fraction of sp³-hybridized carbons (Fsp3) is 0.615. The van der Waals surface area contributed by atoms with Gasteiger partial charge in [0, 0.05) is 25.5 Å². The SMILES string of the molecule is CC(=O)OCC(=O)C(CC(=O)O)NC(=O)C(C)CSC(C)=O. The van der Waals surface area contributed by atoms with E-state index in [2.05, 4.69) is 10.1 Å². The molecule has 22 heavy (non-hydrogen) atoms. The molecule has 0 saturated heterocycles. The second kappa shape index (κ2) is 9.93. The zero-order valence-electron chi connectivity index (χ0n) is 12.6. The molecule has 0 aromatic heterocycles. The minimum absolute atomic E-state index is 0.146. The molecule has 0 bridgehead atoms. The monoisotopic (exact) mass is 333 g/mol. The summed E-state index contributed by atoms with van der Waals surface area (Å²) in [4.78, 5) is 56.0. The summed E-state index contributed by atoms with van der Waals surface area (Å²) in [6, 6.07) is -1.28. The van der Waals surface area contributed by atoms with Gasteiger partial charge in [0.15, 0.2) is 17.5 Å². The largest absolute Gasteiger partial charge is 0.481 e. The second-order valence-corrected chi connectivity index (χ2v) is 5.81. The molecule has 0 saturated carbocycles. The number of rotatable bonds is 9. The van der Waals surface area contributed by atoms with Crippen LogP contribution < -0.4 is 5.32 Å². The molecule has 0 spiro atoms. The predicted octanol–water partition coefficient (Wildman–Crippen LogP) is -0.00610. The Labute approximate surface area is 132 Å². The molecule has 0 aliphatic carbocycles. The van der Waals surface area contributed by atoms with Gasteiger partial charge < -0.3 is 15.2 Å². The minimum Gasteiger partial charge on any atom is -0.481 e. The molecule has 8 nitrogen and oxygen atoms in total. The number of amides is 1. The normalized spacial score (nSPS) is 12.9. The average Bonchev–Trinajstić information content (AvgIpc) is 2.40. The van der Waals surface area contributed by atoms with Crippen molar-refractivity contribution in [1.82, 2.24) is 5.32 Å². The van der Waals surface area contributed by atoms with Crippen LogP contribution in [0.5, 0.6) is 0 Å². The van der Waals surface area contributed by atoms with E-state index in [0.717, 1.165) is 18.7 Å². The van der Waals surface area contributed by atoms with E-state index in [1.165, 1.54) is 6.92 Å². The molecule has 9 heteroatoms. The summed E-state index contributed by atoms with van der Waals surface area (Å²) in [6.07, 6.45) is -0.613. The van der Waals surface area contributed by atoms with Crippen molar-refractivity contribution in [2.45, 2.75) is 33.2 Å². The lowest BCUT2D eigenvalue weighted by Crippen LogP contribution is -2.46. The number of ether oxygens (including phenoxy) is 1. The molecule has 2 atom stereocenters.